The zero-order valence-electron chi connectivity index (χ0n) is 31.9. The van der Waals surface area contributed by atoms with Gasteiger partial charge in [0.25, 0.3) is 0 Å². The molecule has 1 aliphatic carbocycles. The summed E-state index contributed by atoms with van der Waals surface area (Å²) in [5, 5.41) is 0. The molecule has 1 aliphatic rings. The summed E-state index contributed by atoms with van der Waals surface area (Å²) in [5.41, 5.74) is 17.0. The second-order valence-electron chi connectivity index (χ2n) is 15.2. The molecule has 1 heterocycles. The number of hydrogen-bond acceptors (Lipinski definition) is 3. The third kappa shape index (κ3) is 6.24. The zero-order valence-corrected chi connectivity index (χ0v) is 31.9. The van der Waals surface area contributed by atoms with Crippen LogP contribution in [0.5, 0.6) is 0 Å². The molecular formula is C54H39N3. The van der Waals surface area contributed by atoms with Crippen molar-refractivity contribution in [1.82, 2.24) is 15.0 Å². The van der Waals surface area contributed by atoms with E-state index >= 15 is 0 Å². The van der Waals surface area contributed by atoms with E-state index in [9.17, 15) is 0 Å². The fourth-order valence-electron chi connectivity index (χ4n) is 8.43. The second-order valence-corrected chi connectivity index (χ2v) is 15.2. The molecule has 0 aliphatic heterocycles. The molecule has 0 radical (unpaired) electrons. The van der Waals surface area contributed by atoms with Crippen LogP contribution < -0.4 is 0 Å². The summed E-state index contributed by atoms with van der Waals surface area (Å²) in [6.07, 6.45) is 0. The highest BCUT2D eigenvalue weighted by Gasteiger charge is 2.35. The predicted molar refractivity (Wildman–Crippen MR) is 235 cm³/mol. The van der Waals surface area contributed by atoms with Gasteiger partial charge in [-0.2, -0.15) is 0 Å². The van der Waals surface area contributed by atoms with Gasteiger partial charge in [-0.3, -0.25) is 0 Å². The van der Waals surface area contributed by atoms with Crippen molar-refractivity contribution in [3.8, 4) is 89.8 Å². The van der Waals surface area contributed by atoms with Gasteiger partial charge in [-0.05, 0) is 79.4 Å². The molecule has 0 spiro atoms. The quantitative estimate of drug-likeness (QED) is 0.164. The lowest BCUT2D eigenvalue weighted by Crippen LogP contribution is -2.14. The first-order valence-corrected chi connectivity index (χ1v) is 19.5. The lowest BCUT2D eigenvalue weighted by atomic mass is 9.81. The van der Waals surface area contributed by atoms with Gasteiger partial charge < -0.3 is 0 Å². The van der Waals surface area contributed by atoms with Gasteiger partial charge in [0, 0.05) is 27.7 Å². The molecule has 3 nitrogen and oxygen atoms in total. The molecule has 0 saturated carbocycles. The van der Waals surface area contributed by atoms with Crippen molar-refractivity contribution in [2.75, 3.05) is 0 Å². The molecule has 9 aromatic rings. The molecular weight excluding hydrogens is 691 g/mol. The van der Waals surface area contributed by atoms with Crippen LogP contribution in [0.1, 0.15) is 25.0 Å². The fraction of sp³-hybridized carbons (Fsp3) is 0.0556. The van der Waals surface area contributed by atoms with Crippen LogP contribution in [0, 0.1) is 0 Å². The Balaban J connectivity index is 1.24. The zero-order chi connectivity index (χ0) is 38.3. The minimum absolute atomic E-state index is 0.0851. The predicted octanol–water partition coefficient (Wildman–Crippen LogP) is 13.8. The molecule has 0 saturated heterocycles. The van der Waals surface area contributed by atoms with E-state index in [4.69, 9.17) is 15.0 Å². The number of benzene rings is 8. The van der Waals surface area contributed by atoms with Crippen LogP contribution in [-0.4, -0.2) is 15.0 Å². The Kier molecular flexibility index (Phi) is 8.49. The van der Waals surface area contributed by atoms with Gasteiger partial charge >= 0.3 is 0 Å². The highest BCUT2D eigenvalue weighted by atomic mass is 15.0. The summed E-state index contributed by atoms with van der Waals surface area (Å²) in [5.74, 6) is 1.88. The SMILES string of the molecule is CC1(C)c2ccccc2-c2cc(-c3cc(-c4ccccc4)cc(-c4nc(-c5ccccc5)nc(-c5ccc(-c6ccccc6)cc5)n4)c3-c3ccccc3)ccc21. The fourth-order valence-corrected chi connectivity index (χ4v) is 8.43. The van der Waals surface area contributed by atoms with Crippen LogP contribution in [-0.2, 0) is 5.41 Å². The van der Waals surface area contributed by atoms with E-state index < -0.39 is 0 Å². The molecule has 270 valence electrons. The third-order valence-electron chi connectivity index (χ3n) is 11.4. The Labute approximate surface area is 334 Å². The Morgan fingerprint density at radius 3 is 1.32 bits per heavy atom. The molecule has 0 fully saturated rings. The van der Waals surface area contributed by atoms with E-state index in [1.54, 1.807) is 0 Å². The van der Waals surface area contributed by atoms with Crippen LogP contribution in [0.4, 0.5) is 0 Å². The number of aromatic nitrogens is 3. The van der Waals surface area contributed by atoms with Gasteiger partial charge in [-0.25, -0.2) is 15.0 Å². The van der Waals surface area contributed by atoms with E-state index in [0.717, 1.165) is 55.6 Å². The summed E-state index contributed by atoms with van der Waals surface area (Å²) >= 11 is 0. The highest BCUT2D eigenvalue weighted by Crippen LogP contribution is 2.51. The lowest BCUT2D eigenvalue weighted by molar-refractivity contribution is 0.660. The first-order valence-electron chi connectivity index (χ1n) is 19.5. The van der Waals surface area contributed by atoms with Gasteiger partial charge in [0.1, 0.15) is 0 Å². The van der Waals surface area contributed by atoms with Gasteiger partial charge in [-0.1, -0.05) is 196 Å². The number of nitrogens with zero attached hydrogens (tertiary/aromatic N) is 3. The standard InChI is InChI=1S/C54H39N3/c1-54(2)48-26-16-15-25-44(48)46-33-42(31-32-49(46)54)45-34-43(37-19-9-4-10-20-37)35-47(50(45)39-21-11-5-12-22-39)53-56-51(40-23-13-6-14-24-40)55-52(57-53)41-29-27-38(28-30-41)36-17-7-3-8-18-36/h3-35H,1-2H3. The van der Waals surface area contributed by atoms with Crippen LogP contribution >= 0.6 is 0 Å². The Bertz CT molecular complexity index is 2880. The third-order valence-corrected chi connectivity index (χ3v) is 11.4. The molecule has 0 N–H and O–H groups in total. The highest BCUT2D eigenvalue weighted by molar-refractivity contribution is 5.98. The summed E-state index contributed by atoms with van der Waals surface area (Å²) in [6.45, 7) is 4.66. The van der Waals surface area contributed by atoms with Crippen molar-refractivity contribution in [3.63, 3.8) is 0 Å². The van der Waals surface area contributed by atoms with Crippen LogP contribution in [0.2, 0.25) is 0 Å². The number of rotatable bonds is 7. The van der Waals surface area contributed by atoms with Crippen molar-refractivity contribution in [2.45, 2.75) is 19.3 Å². The van der Waals surface area contributed by atoms with E-state index in [0.29, 0.717) is 17.5 Å². The maximum Gasteiger partial charge on any atom is 0.164 e. The van der Waals surface area contributed by atoms with Crippen molar-refractivity contribution in [3.05, 3.63) is 211 Å². The molecule has 3 heteroatoms. The number of hydrogen-bond donors (Lipinski definition) is 0. The van der Waals surface area contributed by atoms with Crippen molar-refractivity contribution in [2.24, 2.45) is 0 Å². The monoisotopic (exact) mass is 729 g/mol. The molecule has 57 heavy (non-hydrogen) atoms. The Hall–Kier alpha value is -7.23. The Morgan fingerprint density at radius 1 is 0.281 bits per heavy atom. The number of fused-ring (bicyclic) bond motifs is 3. The average molecular weight is 730 g/mol. The summed E-state index contributed by atoms with van der Waals surface area (Å²) < 4.78 is 0. The largest absolute Gasteiger partial charge is 0.208 e. The average Bonchev–Trinajstić information content (AvgIpc) is 3.52. The van der Waals surface area contributed by atoms with Gasteiger partial charge in [-0.15, -0.1) is 0 Å². The summed E-state index contributed by atoms with van der Waals surface area (Å²) in [7, 11) is 0. The smallest absolute Gasteiger partial charge is 0.164 e. The Morgan fingerprint density at radius 2 is 0.684 bits per heavy atom. The second kappa shape index (κ2) is 14.1. The van der Waals surface area contributed by atoms with E-state index in [1.807, 2.05) is 24.3 Å². The molecule has 0 atom stereocenters. The topological polar surface area (TPSA) is 38.7 Å². The van der Waals surface area contributed by atoms with Crippen molar-refractivity contribution < 1.29 is 0 Å². The molecule has 0 unspecified atom stereocenters. The van der Waals surface area contributed by atoms with Gasteiger partial charge in [0.15, 0.2) is 17.5 Å². The first kappa shape index (κ1) is 34.3. The summed E-state index contributed by atoms with van der Waals surface area (Å²) in [6, 6.07) is 71.0. The van der Waals surface area contributed by atoms with Crippen molar-refractivity contribution in [1.29, 1.82) is 0 Å². The van der Waals surface area contributed by atoms with E-state index in [-0.39, 0.29) is 5.41 Å². The van der Waals surface area contributed by atoms with E-state index in [2.05, 4.69) is 190 Å². The minimum atomic E-state index is -0.0851. The molecule has 1 aromatic heterocycles. The first-order chi connectivity index (χ1) is 28.0. The maximum atomic E-state index is 5.34. The van der Waals surface area contributed by atoms with Gasteiger partial charge in [0.2, 0.25) is 0 Å². The van der Waals surface area contributed by atoms with E-state index in [1.165, 1.54) is 27.8 Å². The van der Waals surface area contributed by atoms with Crippen LogP contribution in [0.15, 0.2) is 200 Å². The molecule has 8 aromatic carbocycles. The minimum Gasteiger partial charge on any atom is -0.208 e. The lowest BCUT2D eigenvalue weighted by Gasteiger charge is -2.22. The molecule has 10 rings (SSSR count). The maximum absolute atomic E-state index is 5.34. The van der Waals surface area contributed by atoms with Gasteiger partial charge in [0.05, 0.1) is 0 Å². The molecule has 0 bridgehead atoms. The van der Waals surface area contributed by atoms with Crippen LogP contribution in [0.25, 0.3) is 89.8 Å². The van der Waals surface area contributed by atoms with Crippen LogP contribution in [0.3, 0.4) is 0 Å². The van der Waals surface area contributed by atoms with Crippen molar-refractivity contribution >= 4 is 0 Å². The summed E-state index contributed by atoms with van der Waals surface area (Å²) in [4.78, 5) is 15.8. The normalized spacial score (nSPS) is 12.5. The molecule has 0 amide bonds.